The Balaban J connectivity index is 3.20. The zero-order valence-corrected chi connectivity index (χ0v) is 8.40. The van der Waals surface area contributed by atoms with Crippen molar-refractivity contribution in [3.63, 3.8) is 0 Å². The highest BCUT2D eigenvalue weighted by atomic mass is 79.9. The van der Waals surface area contributed by atoms with E-state index in [2.05, 4.69) is 41.6 Å². The van der Waals surface area contributed by atoms with Gasteiger partial charge in [-0.15, -0.1) is 0 Å². The standard InChI is InChI=1S/C10H11Br/c1-7(2)10-5-4-9(11)6-8(10)3/h4-6H,1H2,2-3H3. The van der Waals surface area contributed by atoms with Crippen molar-refractivity contribution in [2.45, 2.75) is 13.8 Å². The summed E-state index contributed by atoms with van der Waals surface area (Å²) in [5.74, 6) is 0. The van der Waals surface area contributed by atoms with Gasteiger partial charge in [-0.25, -0.2) is 0 Å². The van der Waals surface area contributed by atoms with Gasteiger partial charge in [-0.2, -0.15) is 0 Å². The van der Waals surface area contributed by atoms with Crippen molar-refractivity contribution < 1.29 is 0 Å². The lowest BCUT2D eigenvalue weighted by Gasteiger charge is -2.04. The molecular formula is C10H11Br. The molecule has 0 saturated heterocycles. The zero-order chi connectivity index (χ0) is 8.43. The van der Waals surface area contributed by atoms with E-state index in [9.17, 15) is 0 Å². The first-order valence-corrected chi connectivity index (χ1v) is 4.32. The molecule has 0 fully saturated rings. The lowest BCUT2D eigenvalue weighted by molar-refractivity contribution is 1.40. The van der Waals surface area contributed by atoms with E-state index in [-0.39, 0.29) is 0 Å². The van der Waals surface area contributed by atoms with Crippen LogP contribution in [0.3, 0.4) is 0 Å². The number of benzene rings is 1. The summed E-state index contributed by atoms with van der Waals surface area (Å²) in [4.78, 5) is 0. The molecule has 0 atom stereocenters. The molecule has 0 unspecified atom stereocenters. The third-order valence-corrected chi connectivity index (χ3v) is 2.14. The maximum atomic E-state index is 3.90. The summed E-state index contributed by atoms with van der Waals surface area (Å²) in [6.45, 7) is 8.02. The van der Waals surface area contributed by atoms with E-state index < -0.39 is 0 Å². The highest BCUT2D eigenvalue weighted by Crippen LogP contribution is 2.20. The Morgan fingerprint density at radius 1 is 1.45 bits per heavy atom. The second-order valence-corrected chi connectivity index (χ2v) is 3.66. The highest BCUT2D eigenvalue weighted by Gasteiger charge is 1.97. The highest BCUT2D eigenvalue weighted by molar-refractivity contribution is 9.10. The van der Waals surface area contributed by atoms with E-state index in [1.807, 2.05) is 13.0 Å². The number of allylic oxidation sites excluding steroid dienone is 1. The van der Waals surface area contributed by atoms with Gasteiger partial charge in [0.2, 0.25) is 0 Å². The van der Waals surface area contributed by atoms with Crippen LogP contribution in [-0.2, 0) is 0 Å². The van der Waals surface area contributed by atoms with Crippen LogP contribution in [0, 0.1) is 6.92 Å². The molecule has 0 bridgehead atoms. The van der Waals surface area contributed by atoms with Crippen molar-refractivity contribution in [3.8, 4) is 0 Å². The van der Waals surface area contributed by atoms with Crippen LogP contribution in [0.1, 0.15) is 18.1 Å². The minimum absolute atomic E-state index is 1.12. The van der Waals surface area contributed by atoms with Crippen LogP contribution in [0.2, 0.25) is 0 Å². The Bertz CT molecular complexity index is 287. The van der Waals surface area contributed by atoms with E-state index in [4.69, 9.17) is 0 Å². The molecule has 0 aliphatic rings. The molecule has 0 radical (unpaired) electrons. The van der Waals surface area contributed by atoms with Crippen LogP contribution in [-0.4, -0.2) is 0 Å². The number of halogens is 1. The van der Waals surface area contributed by atoms with Crippen molar-refractivity contribution in [2.75, 3.05) is 0 Å². The second-order valence-electron chi connectivity index (χ2n) is 2.74. The fraction of sp³-hybridized carbons (Fsp3) is 0.200. The van der Waals surface area contributed by atoms with E-state index in [1.165, 1.54) is 11.1 Å². The van der Waals surface area contributed by atoms with Crippen LogP contribution >= 0.6 is 15.9 Å². The van der Waals surface area contributed by atoms with Crippen LogP contribution in [0.5, 0.6) is 0 Å². The molecule has 0 heterocycles. The van der Waals surface area contributed by atoms with Gasteiger partial charge in [-0.05, 0) is 37.1 Å². The molecule has 0 aliphatic carbocycles. The Labute approximate surface area is 76.1 Å². The molecule has 0 saturated carbocycles. The average Bonchev–Trinajstić information content (AvgIpc) is 1.85. The Kier molecular flexibility index (Phi) is 2.50. The Hall–Kier alpha value is -0.560. The maximum Gasteiger partial charge on any atom is 0.0178 e. The lowest BCUT2D eigenvalue weighted by Crippen LogP contribution is -1.83. The smallest absolute Gasteiger partial charge is 0.0178 e. The molecule has 1 aromatic carbocycles. The van der Waals surface area contributed by atoms with E-state index in [0.29, 0.717) is 0 Å². The molecule has 0 aliphatic heterocycles. The monoisotopic (exact) mass is 210 g/mol. The van der Waals surface area contributed by atoms with Gasteiger partial charge in [-0.1, -0.05) is 34.1 Å². The summed E-state index contributed by atoms with van der Waals surface area (Å²) in [5.41, 5.74) is 3.63. The van der Waals surface area contributed by atoms with E-state index in [0.717, 1.165) is 10.0 Å². The minimum atomic E-state index is 1.12. The molecule has 1 aromatic rings. The summed E-state index contributed by atoms with van der Waals surface area (Å²) >= 11 is 3.42. The van der Waals surface area contributed by atoms with Gasteiger partial charge in [0, 0.05) is 4.47 Å². The van der Waals surface area contributed by atoms with Gasteiger partial charge in [0.15, 0.2) is 0 Å². The first-order valence-electron chi connectivity index (χ1n) is 3.53. The Morgan fingerprint density at radius 2 is 2.09 bits per heavy atom. The van der Waals surface area contributed by atoms with Gasteiger partial charge in [0.1, 0.15) is 0 Å². The SMILES string of the molecule is C=C(C)c1ccc(Br)cc1C. The predicted octanol–water partition coefficient (Wildman–Crippen LogP) is 3.79. The molecule has 58 valence electrons. The maximum absolute atomic E-state index is 3.90. The second kappa shape index (κ2) is 3.22. The molecule has 1 rings (SSSR count). The molecular weight excluding hydrogens is 200 g/mol. The van der Waals surface area contributed by atoms with Crippen molar-refractivity contribution in [1.82, 2.24) is 0 Å². The van der Waals surface area contributed by atoms with Crippen molar-refractivity contribution in [3.05, 3.63) is 40.4 Å². The van der Waals surface area contributed by atoms with Crippen LogP contribution in [0.4, 0.5) is 0 Å². The lowest BCUT2D eigenvalue weighted by atomic mass is 10.0. The van der Waals surface area contributed by atoms with Crippen LogP contribution in [0.15, 0.2) is 29.3 Å². The minimum Gasteiger partial charge on any atom is -0.0955 e. The first kappa shape index (κ1) is 8.54. The molecule has 11 heavy (non-hydrogen) atoms. The van der Waals surface area contributed by atoms with E-state index >= 15 is 0 Å². The fourth-order valence-corrected chi connectivity index (χ4v) is 1.58. The first-order chi connectivity index (χ1) is 5.11. The normalized spacial score (nSPS) is 9.73. The van der Waals surface area contributed by atoms with Gasteiger partial charge in [0.25, 0.3) is 0 Å². The van der Waals surface area contributed by atoms with Crippen molar-refractivity contribution in [1.29, 1.82) is 0 Å². The van der Waals surface area contributed by atoms with Gasteiger partial charge < -0.3 is 0 Å². The number of hydrogen-bond acceptors (Lipinski definition) is 0. The molecule has 0 amide bonds. The Morgan fingerprint density at radius 3 is 2.55 bits per heavy atom. The molecule has 0 N–H and O–H groups in total. The number of aryl methyl sites for hydroxylation is 1. The fourth-order valence-electron chi connectivity index (χ4n) is 1.11. The van der Waals surface area contributed by atoms with Crippen LogP contribution in [0.25, 0.3) is 5.57 Å². The molecule has 0 nitrogen and oxygen atoms in total. The molecule has 0 aromatic heterocycles. The third-order valence-electron chi connectivity index (χ3n) is 1.65. The van der Waals surface area contributed by atoms with Gasteiger partial charge >= 0.3 is 0 Å². The number of rotatable bonds is 1. The molecule has 1 heteroatoms. The average molecular weight is 211 g/mol. The van der Waals surface area contributed by atoms with Crippen molar-refractivity contribution in [2.24, 2.45) is 0 Å². The topological polar surface area (TPSA) is 0 Å². The molecule has 0 spiro atoms. The van der Waals surface area contributed by atoms with Crippen LogP contribution < -0.4 is 0 Å². The number of hydrogen-bond donors (Lipinski definition) is 0. The predicted molar refractivity (Wildman–Crippen MR) is 53.6 cm³/mol. The summed E-state index contributed by atoms with van der Waals surface area (Å²) < 4.78 is 1.12. The van der Waals surface area contributed by atoms with Gasteiger partial charge in [0.05, 0.1) is 0 Å². The summed E-state index contributed by atoms with van der Waals surface area (Å²) in [5, 5.41) is 0. The summed E-state index contributed by atoms with van der Waals surface area (Å²) in [7, 11) is 0. The summed E-state index contributed by atoms with van der Waals surface area (Å²) in [6, 6.07) is 6.22. The van der Waals surface area contributed by atoms with Crippen molar-refractivity contribution >= 4 is 21.5 Å². The zero-order valence-electron chi connectivity index (χ0n) is 6.82. The quantitative estimate of drug-likeness (QED) is 0.662. The largest absolute Gasteiger partial charge is 0.0955 e. The van der Waals surface area contributed by atoms with E-state index in [1.54, 1.807) is 0 Å². The third kappa shape index (κ3) is 1.93. The summed E-state index contributed by atoms with van der Waals surface area (Å²) in [6.07, 6.45) is 0. The van der Waals surface area contributed by atoms with Gasteiger partial charge in [-0.3, -0.25) is 0 Å².